The minimum atomic E-state index is -1.83. The zero-order valence-corrected chi connectivity index (χ0v) is 22.4. The van der Waals surface area contributed by atoms with Crippen LogP contribution in [0.25, 0.3) is 11.0 Å². The van der Waals surface area contributed by atoms with Gasteiger partial charge >= 0.3 is 0 Å². The van der Waals surface area contributed by atoms with Crippen molar-refractivity contribution in [1.29, 1.82) is 0 Å². The number of hydrogen-bond acceptors (Lipinski definition) is 8. The SMILES string of the molecule is Cc1nonc1Cn1ncc2c(N3CC[C@H](O[Si](C)(C)C(C)(C)C)C3)nc(C(C)(C)C)nc21. The molecule has 9 nitrogen and oxygen atoms in total. The Labute approximate surface area is 197 Å². The normalized spacial score (nSPS) is 18.0. The van der Waals surface area contributed by atoms with Crippen molar-refractivity contribution in [3.63, 3.8) is 0 Å². The molecule has 4 rings (SSSR count). The Kier molecular flexibility index (Phi) is 5.89. The predicted molar refractivity (Wildman–Crippen MR) is 131 cm³/mol. The molecule has 0 saturated carbocycles. The van der Waals surface area contributed by atoms with Crippen molar-refractivity contribution in [3.05, 3.63) is 23.4 Å². The van der Waals surface area contributed by atoms with Crippen LogP contribution in [0.2, 0.25) is 18.1 Å². The van der Waals surface area contributed by atoms with E-state index < -0.39 is 8.32 Å². The lowest BCUT2D eigenvalue weighted by Crippen LogP contribution is -2.44. The zero-order valence-electron chi connectivity index (χ0n) is 21.4. The van der Waals surface area contributed by atoms with E-state index in [1.54, 1.807) is 0 Å². The van der Waals surface area contributed by atoms with Crippen LogP contribution in [-0.4, -0.2) is 57.6 Å². The first-order chi connectivity index (χ1) is 15.3. The minimum absolute atomic E-state index is 0.192. The Hall–Kier alpha value is -2.33. The van der Waals surface area contributed by atoms with Crippen LogP contribution in [0.15, 0.2) is 10.8 Å². The molecular weight excluding hydrogens is 434 g/mol. The van der Waals surface area contributed by atoms with E-state index in [4.69, 9.17) is 19.0 Å². The standard InChI is InChI=1S/C23H37N7O2Si/c1-15-18(28-32-27-15)14-30-20-17(12-24-30)19(25-21(26-20)22(2,3)4)29-11-10-16(13-29)31-33(8,9)23(5,6)7/h12,16H,10-11,13-14H2,1-9H3/t16-/m0/s1. The summed E-state index contributed by atoms with van der Waals surface area (Å²) in [6, 6.07) is 0. The van der Waals surface area contributed by atoms with Crippen molar-refractivity contribution in [3.8, 4) is 0 Å². The highest BCUT2D eigenvalue weighted by atomic mass is 28.4. The van der Waals surface area contributed by atoms with Gasteiger partial charge in [0.25, 0.3) is 0 Å². The van der Waals surface area contributed by atoms with Crippen LogP contribution in [0, 0.1) is 6.92 Å². The molecule has 33 heavy (non-hydrogen) atoms. The Morgan fingerprint density at radius 3 is 2.45 bits per heavy atom. The molecule has 0 bridgehead atoms. The van der Waals surface area contributed by atoms with Gasteiger partial charge in [-0.05, 0) is 31.5 Å². The molecule has 0 N–H and O–H groups in total. The molecule has 4 heterocycles. The molecule has 0 radical (unpaired) electrons. The lowest BCUT2D eigenvalue weighted by molar-refractivity contribution is 0.202. The highest BCUT2D eigenvalue weighted by Crippen LogP contribution is 2.39. The summed E-state index contributed by atoms with van der Waals surface area (Å²) < 4.78 is 13.5. The largest absolute Gasteiger partial charge is 0.412 e. The van der Waals surface area contributed by atoms with E-state index in [-0.39, 0.29) is 16.6 Å². The second kappa shape index (κ2) is 8.16. The monoisotopic (exact) mass is 471 g/mol. The average molecular weight is 472 g/mol. The van der Waals surface area contributed by atoms with Gasteiger partial charge in [0.2, 0.25) is 0 Å². The fourth-order valence-electron chi connectivity index (χ4n) is 3.78. The number of aromatic nitrogens is 6. The Bertz CT molecular complexity index is 1140. The smallest absolute Gasteiger partial charge is 0.192 e. The lowest BCUT2D eigenvalue weighted by atomic mass is 9.95. The molecule has 1 saturated heterocycles. The van der Waals surface area contributed by atoms with Crippen molar-refractivity contribution >= 4 is 25.2 Å². The number of fused-ring (bicyclic) bond motifs is 1. The summed E-state index contributed by atoms with van der Waals surface area (Å²) in [5.74, 6) is 1.74. The number of nitrogens with zero attached hydrogens (tertiary/aromatic N) is 7. The fourth-order valence-corrected chi connectivity index (χ4v) is 5.16. The van der Waals surface area contributed by atoms with Crippen LogP contribution < -0.4 is 4.90 Å². The van der Waals surface area contributed by atoms with E-state index in [0.717, 1.165) is 53.6 Å². The van der Waals surface area contributed by atoms with E-state index >= 15 is 0 Å². The predicted octanol–water partition coefficient (Wildman–Crippen LogP) is 4.46. The quantitative estimate of drug-likeness (QED) is 0.503. The van der Waals surface area contributed by atoms with Gasteiger partial charge in [-0.3, -0.25) is 0 Å². The summed E-state index contributed by atoms with van der Waals surface area (Å²) in [5.41, 5.74) is 2.12. The third-order valence-corrected chi connectivity index (χ3v) is 11.4. The highest BCUT2D eigenvalue weighted by Gasteiger charge is 2.41. The maximum Gasteiger partial charge on any atom is 0.192 e. The van der Waals surface area contributed by atoms with Crippen molar-refractivity contribution in [2.24, 2.45) is 0 Å². The summed E-state index contributed by atoms with van der Waals surface area (Å²) >= 11 is 0. The van der Waals surface area contributed by atoms with Gasteiger partial charge in [0.15, 0.2) is 14.0 Å². The molecule has 0 amide bonds. The van der Waals surface area contributed by atoms with Gasteiger partial charge in [0.1, 0.15) is 23.0 Å². The minimum Gasteiger partial charge on any atom is -0.412 e. The fraction of sp³-hybridized carbons (Fsp3) is 0.696. The molecule has 3 aromatic heterocycles. The second-order valence-electron chi connectivity index (χ2n) is 11.7. The van der Waals surface area contributed by atoms with Crippen LogP contribution in [0.5, 0.6) is 0 Å². The highest BCUT2D eigenvalue weighted by molar-refractivity contribution is 6.74. The van der Waals surface area contributed by atoms with Crippen LogP contribution in [0.1, 0.15) is 65.2 Å². The van der Waals surface area contributed by atoms with Crippen molar-refractivity contribution in [2.75, 3.05) is 18.0 Å². The third-order valence-electron chi connectivity index (χ3n) is 6.90. The van der Waals surface area contributed by atoms with Gasteiger partial charge in [-0.2, -0.15) is 5.10 Å². The first-order valence-electron chi connectivity index (χ1n) is 11.7. The molecule has 180 valence electrons. The van der Waals surface area contributed by atoms with E-state index in [2.05, 4.69) is 74.9 Å². The van der Waals surface area contributed by atoms with Crippen LogP contribution in [0.4, 0.5) is 5.82 Å². The summed E-state index contributed by atoms with van der Waals surface area (Å²) in [5, 5.41) is 13.7. The van der Waals surface area contributed by atoms with Crippen LogP contribution in [0.3, 0.4) is 0 Å². The molecule has 1 aliphatic rings. The summed E-state index contributed by atoms with van der Waals surface area (Å²) in [6.07, 6.45) is 3.08. The topological polar surface area (TPSA) is 95.0 Å². The second-order valence-corrected chi connectivity index (χ2v) is 16.4. The molecule has 1 atom stereocenters. The molecule has 0 aromatic carbocycles. The Balaban J connectivity index is 1.68. The number of rotatable bonds is 5. The van der Waals surface area contributed by atoms with Crippen LogP contribution >= 0.6 is 0 Å². The maximum absolute atomic E-state index is 6.72. The molecular formula is C23H37N7O2Si. The third kappa shape index (κ3) is 4.68. The molecule has 0 unspecified atom stereocenters. The summed E-state index contributed by atoms with van der Waals surface area (Å²) in [7, 11) is -1.83. The average Bonchev–Trinajstić information content (AvgIpc) is 3.41. The van der Waals surface area contributed by atoms with Crippen LogP contribution in [-0.2, 0) is 16.4 Å². The maximum atomic E-state index is 6.72. The van der Waals surface area contributed by atoms with Crippen molar-refractivity contribution in [2.45, 2.75) is 91.1 Å². The Morgan fingerprint density at radius 2 is 1.85 bits per heavy atom. The molecule has 10 heteroatoms. The number of aryl methyl sites for hydroxylation is 1. The van der Waals surface area contributed by atoms with Crippen molar-refractivity contribution < 1.29 is 9.06 Å². The van der Waals surface area contributed by atoms with E-state index in [0.29, 0.717) is 6.54 Å². The molecule has 1 aliphatic heterocycles. The zero-order chi connectivity index (χ0) is 24.2. The Morgan fingerprint density at radius 1 is 1.12 bits per heavy atom. The van der Waals surface area contributed by atoms with Gasteiger partial charge in [0.05, 0.1) is 24.2 Å². The number of hydrogen-bond donors (Lipinski definition) is 0. The first-order valence-corrected chi connectivity index (χ1v) is 14.6. The summed E-state index contributed by atoms with van der Waals surface area (Å²) in [6.45, 7) is 22.0. The van der Waals surface area contributed by atoms with E-state index in [1.807, 2.05) is 17.8 Å². The first kappa shape index (κ1) is 23.8. The van der Waals surface area contributed by atoms with Crippen molar-refractivity contribution in [1.82, 2.24) is 30.1 Å². The van der Waals surface area contributed by atoms with E-state index in [1.165, 1.54) is 0 Å². The van der Waals surface area contributed by atoms with E-state index in [9.17, 15) is 0 Å². The lowest BCUT2D eigenvalue weighted by Gasteiger charge is -2.38. The van der Waals surface area contributed by atoms with Gasteiger partial charge in [0, 0.05) is 18.5 Å². The summed E-state index contributed by atoms with van der Waals surface area (Å²) in [4.78, 5) is 12.3. The van der Waals surface area contributed by atoms with Gasteiger partial charge in [-0.15, -0.1) is 0 Å². The molecule has 1 fully saturated rings. The van der Waals surface area contributed by atoms with Gasteiger partial charge in [-0.25, -0.2) is 19.3 Å². The molecule has 3 aromatic rings. The molecule has 0 aliphatic carbocycles. The number of anilines is 1. The van der Waals surface area contributed by atoms with Gasteiger partial charge in [-0.1, -0.05) is 51.9 Å². The molecule has 0 spiro atoms. The van der Waals surface area contributed by atoms with Gasteiger partial charge < -0.3 is 9.33 Å².